The molecular weight excluding hydrogens is 482 g/mol. The van der Waals surface area contributed by atoms with Gasteiger partial charge in [0.1, 0.15) is 0 Å². The average molecular weight is 502 g/mol. The van der Waals surface area contributed by atoms with Crippen LogP contribution in [0.5, 0.6) is 0 Å². The van der Waals surface area contributed by atoms with Crippen LogP contribution in [0.4, 0.5) is 0 Å². The van der Waals surface area contributed by atoms with Crippen molar-refractivity contribution in [2.24, 2.45) is 0 Å². The van der Waals surface area contributed by atoms with Crippen LogP contribution in [0.3, 0.4) is 0 Å². The van der Waals surface area contributed by atoms with Gasteiger partial charge in [0.15, 0.2) is 0 Å². The highest BCUT2D eigenvalue weighted by Gasteiger charge is 2.20. The molecule has 0 fully saturated rings. The molecule has 0 bridgehead atoms. The Kier molecular flexibility index (Phi) is 4.42. The summed E-state index contributed by atoms with van der Waals surface area (Å²) in [6.07, 6.45) is 6.63. The van der Waals surface area contributed by atoms with Crippen LogP contribution in [0.2, 0.25) is 0 Å². The zero-order valence-corrected chi connectivity index (χ0v) is 20.0. The van der Waals surface area contributed by atoms with Crippen LogP contribution in [-0.4, -0.2) is 14.5 Å². The molecule has 0 saturated carbocycles. The Morgan fingerprint density at radius 2 is 1.59 bits per heavy atom. The molecule has 2 aromatic heterocycles. The minimum absolute atomic E-state index is 0.700. The first kappa shape index (κ1) is 19.7. The Morgan fingerprint density at radius 1 is 0.765 bits per heavy atom. The van der Waals surface area contributed by atoms with Crippen LogP contribution in [0.25, 0.3) is 56.0 Å². The average Bonchev–Trinajstić information content (AvgIpc) is 3.22. The number of aromatic nitrogens is 3. The largest absolute Gasteiger partial charge is 0.278 e. The Balaban J connectivity index is 1.62. The van der Waals surface area contributed by atoms with E-state index in [0.29, 0.717) is 5.95 Å². The summed E-state index contributed by atoms with van der Waals surface area (Å²) in [6, 6.07) is 29.6. The number of allylic oxidation sites excluding steroid dienone is 1. The third kappa shape index (κ3) is 2.95. The summed E-state index contributed by atoms with van der Waals surface area (Å²) in [6.45, 7) is 0. The molecule has 2 heterocycles. The zero-order valence-electron chi connectivity index (χ0n) is 18.4. The topological polar surface area (TPSA) is 30.7 Å². The minimum Gasteiger partial charge on any atom is -0.278 e. The van der Waals surface area contributed by atoms with Crippen LogP contribution >= 0.6 is 15.9 Å². The molecule has 34 heavy (non-hydrogen) atoms. The Labute approximate surface area is 205 Å². The van der Waals surface area contributed by atoms with E-state index in [2.05, 4.69) is 105 Å². The maximum Gasteiger partial charge on any atom is 0.235 e. The zero-order chi connectivity index (χ0) is 22.6. The van der Waals surface area contributed by atoms with Crippen LogP contribution in [0.1, 0.15) is 17.5 Å². The third-order valence-corrected chi connectivity index (χ3v) is 7.23. The molecule has 0 N–H and O–H groups in total. The van der Waals surface area contributed by atoms with Crippen molar-refractivity contribution in [2.45, 2.75) is 12.8 Å². The van der Waals surface area contributed by atoms with Gasteiger partial charge in [-0.1, -0.05) is 82.7 Å². The molecule has 0 spiro atoms. The van der Waals surface area contributed by atoms with E-state index >= 15 is 0 Å². The molecule has 0 aliphatic heterocycles. The van der Waals surface area contributed by atoms with E-state index in [4.69, 9.17) is 9.97 Å². The number of para-hydroxylation sites is 1. The molecule has 4 heteroatoms. The standard InChI is InChI=1S/C30H20BrN3/c31-21-15-17-26-24(18-21)28-22-11-5-4-8-19(22)14-16-27(28)34(26)30-32-25-13-7-6-12-23(25)29(33-30)20-9-2-1-3-10-20/h1-4,6-10,12-18H,5,11H2. The molecule has 0 saturated heterocycles. The van der Waals surface area contributed by atoms with Gasteiger partial charge in [-0.3, -0.25) is 4.57 Å². The first-order valence-corrected chi connectivity index (χ1v) is 12.3. The number of fused-ring (bicyclic) bond motifs is 6. The maximum atomic E-state index is 5.17. The number of rotatable bonds is 2. The van der Waals surface area contributed by atoms with Gasteiger partial charge in [0.2, 0.25) is 5.95 Å². The minimum atomic E-state index is 0.700. The van der Waals surface area contributed by atoms with Gasteiger partial charge in [-0.25, -0.2) is 9.97 Å². The molecule has 3 nitrogen and oxygen atoms in total. The number of benzene rings is 4. The molecule has 162 valence electrons. The van der Waals surface area contributed by atoms with Gasteiger partial charge in [-0.05, 0) is 54.3 Å². The van der Waals surface area contributed by atoms with Crippen molar-refractivity contribution in [2.75, 3.05) is 0 Å². The molecule has 0 atom stereocenters. The fourth-order valence-corrected chi connectivity index (χ4v) is 5.59. The van der Waals surface area contributed by atoms with Crippen molar-refractivity contribution in [1.29, 1.82) is 0 Å². The van der Waals surface area contributed by atoms with Crippen LogP contribution < -0.4 is 0 Å². The second kappa shape index (κ2) is 7.64. The molecule has 6 aromatic rings. The fraction of sp³-hybridized carbons (Fsp3) is 0.0667. The summed E-state index contributed by atoms with van der Waals surface area (Å²) >= 11 is 3.70. The molecular formula is C30H20BrN3. The maximum absolute atomic E-state index is 5.17. The molecule has 0 unspecified atom stereocenters. The van der Waals surface area contributed by atoms with E-state index in [9.17, 15) is 0 Å². The Hall–Kier alpha value is -3.76. The number of halogens is 1. The molecule has 0 amide bonds. The monoisotopic (exact) mass is 501 g/mol. The van der Waals surface area contributed by atoms with Crippen molar-refractivity contribution in [1.82, 2.24) is 14.5 Å². The summed E-state index contributed by atoms with van der Waals surface area (Å²) < 4.78 is 3.31. The normalized spacial score (nSPS) is 13.1. The molecule has 0 radical (unpaired) electrons. The number of aryl methyl sites for hydroxylation is 1. The molecule has 7 rings (SSSR count). The van der Waals surface area contributed by atoms with Gasteiger partial charge < -0.3 is 0 Å². The van der Waals surface area contributed by atoms with Gasteiger partial charge in [0.25, 0.3) is 0 Å². The molecule has 1 aliphatic carbocycles. The summed E-state index contributed by atoms with van der Waals surface area (Å²) in [5, 5.41) is 3.59. The van der Waals surface area contributed by atoms with Crippen molar-refractivity contribution in [3.05, 3.63) is 107 Å². The van der Waals surface area contributed by atoms with Crippen LogP contribution in [0.15, 0.2) is 95.5 Å². The van der Waals surface area contributed by atoms with E-state index in [1.54, 1.807) is 0 Å². The van der Waals surface area contributed by atoms with Gasteiger partial charge >= 0.3 is 0 Å². The fourth-order valence-electron chi connectivity index (χ4n) is 5.23. The van der Waals surface area contributed by atoms with E-state index in [1.165, 1.54) is 21.9 Å². The predicted octanol–water partition coefficient (Wildman–Crippen LogP) is 8.12. The van der Waals surface area contributed by atoms with Gasteiger partial charge in [0.05, 0.1) is 22.2 Å². The summed E-state index contributed by atoms with van der Waals surface area (Å²) in [5.41, 5.74) is 7.97. The quantitative estimate of drug-likeness (QED) is 0.239. The first-order valence-electron chi connectivity index (χ1n) is 11.5. The number of hydrogen-bond acceptors (Lipinski definition) is 2. The highest BCUT2D eigenvalue weighted by Crippen LogP contribution is 2.39. The lowest BCUT2D eigenvalue weighted by Crippen LogP contribution is -2.04. The lowest BCUT2D eigenvalue weighted by molar-refractivity contribution is 0.992. The predicted molar refractivity (Wildman–Crippen MR) is 144 cm³/mol. The van der Waals surface area contributed by atoms with E-state index in [1.807, 2.05) is 12.1 Å². The Bertz CT molecular complexity index is 1760. The van der Waals surface area contributed by atoms with Crippen molar-refractivity contribution in [3.63, 3.8) is 0 Å². The van der Waals surface area contributed by atoms with Gasteiger partial charge in [-0.2, -0.15) is 0 Å². The van der Waals surface area contributed by atoms with Crippen molar-refractivity contribution >= 4 is 54.7 Å². The third-order valence-electron chi connectivity index (χ3n) is 6.73. The highest BCUT2D eigenvalue weighted by molar-refractivity contribution is 9.10. The number of nitrogens with zero attached hydrogens (tertiary/aromatic N) is 3. The lowest BCUT2D eigenvalue weighted by Gasteiger charge is -2.14. The Morgan fingerprint density at radius 3 is 2.50 bits per heavy atom. The van der Waals surface area contributed by atoms with E-state index in [0.717, 1.165) is 50.5 Å². The lowest BCUT2D eigenvalue weighted by atomic mass is 9.93. The van der Waals surface area contributed by atoms with Crippen molar-refractivity contribution in [3.8, 4) is 17.2 Å². The number of hydrogen-bond donors (Lipinski definition) is 0. The van der Waals surface area contributed by atoms with Gasteiger partial charge in [-0.15, -0.1) is 0 Å². The van der Waals surface area contributed by atoms with Crippen LogP contribution in [0, 0.1) is 0 Å². The van der Waals surface area contributed by atoms with E-state index in [-0.39, 0.29) is 0 Å². The molecule has 1 aliphatic rings. The SMILES string of the molecule is Brc1ccc2c(c1)c1c3c(ccc1n2-c1nc(-c2ccccc2)c2ccccc2n1)C=CCC3. The summed E-state index contributed by atoms with van der Waals surface area (Å²) in [4.78, 5) is 10.2. The second-order valence-corrected chi connectivity index (χ2v) is 9.64. The highest BCUT2D eigenvalue weighted by atomic mass is 79.9. The van der Waals surface area contributed by atoms with Crippen LogP contribution in [-0.2, 0) is 6.42 Å². The summed E-state index contributed by atoms with van der Waals surface area (Å²) in [5.74, 6) is 0.700. The van der Waals surface area contributed by atoms with Crippen molar-refractivity contribution < 1.29 is 0 Å². The smallest absolute Gasteiger partial charge is 0.235 e. The van der Waals surface area contributed by atoms with Gasteiger partial charge in [0, 0.05) is 26.2 Å². The second-order valence-electron chi connectivity index (χ2n) is 8.72. The van der Waals surface area contributed by atoms with E-state index < -0.39 is 0 Å². The first-order chi connectivity index (χ1) is 16.8. The molecule has 4 aromatic carbocycles. The summed E-state index contributed by atoms with van der Waals surface area (Å²) in [7, 11) is 0.